The summed E-state index contributed by atoms with van der Waals surface area (Å²) in [5, 5.41) is 3.19. The average molecular weight is 210 g/mol. The molecule has 2 rings (SSSR count). The fraction of sp³-hybridized carbons (Fsp3) is 0.917. The minimum atomic E-state index is 0.0998. The van der Waals surface area contributed by atoms with Crippen molar-refractivity contribution in [3.8, 4) is 0 Å². The summed E-state index contributed by atoms with van der Waals surface area (Å²) in [4.78, 5) is 13.8. The second-order valence-corrected chi connectivity index (χ2v) is 6.02. The van der Waals surface area contributed by atoms with E-state index in [0.717, 1.165) is 25.8 Å². The standard InChI is InChI=1S/C12H22N2O/c1-11(2,3)14-8-4-6-12(9-14)7-5-10(15)13-12/h4-9H2,1-3H3,(H,13,15)/t12-/m1/s1. The summed E-state index contributed by atoms with van der Waals surface area (Å²) in [7, 11) is 0. The van der Waals surface area contributed by atoms with Crippen LogP contribution in [0.5, 0.6) is 0 Å². The third-order valence-corrected chi connectivity index (χ3v) is 3.76. The van der Waals surface area contributed by atoms with Crippen LogP contribution < -0.4 is 5.32 Å². The molecule has 1 N–H and O–H groups in total. The van der Waals surface area contributed by atoms with Crippen LogP contribution in [0.25, 0.3) is 0 Å². The molecular weight excluding hydrogens is 188 g/mol. The van der Waals surface area contributed by atoms with Gasteiger partial charge in [-0.1, -0.05) is 0 Å². The summed E-state index contributed by atoms with van der Waals surface area (Å²) in [5.74, 6) is 0.241. The molecule has 0 aromatic rings. The first kappa shape index (κ1) is 10.9. The number of hydrogen-bond donors (Lipinski definition) is 1. The van der Waals surface area contributed by atoms with Gasteiger partial charge in [0.05, 0.1) is 5.54 Å². The zero-order chi connectivity index (χ0) is 11.1. The van der Waals surface area contributed by atoms with Crippen LogP contribution in [0.4, 0.5) is 0 Å². The molecule has 15 heavy (non-hydrogen) atoms. The van der Waals surface area contributed by atoms with Crippen molar-refractivity contribution in [3.63, 3.8) is 0 Å². The van der Waals surface area contributed by atoms with Crippen molar-refractivity contribution in [3.05, 3.63) is 0 Å². The number of hydrogen-bond acceptors (Lipinski definition) is 2. The molecule has 0 aromatic carbocycles. The number of amides is 1. The Hall–Kier alpha value is -0.570. The Kier molecular flexibility index (Phi) is 2.53. The lowest BCUT2D eigenvalue weighted by Crippen LogP contribution is -2.58. The van der Waals surface area contributed by atoms with Gasteiger partial charge in [-0.15, -0.1) is 0 Å². The molecule has 2 heterocycles. The van der Waals surface area contributed by atoms with Crippen LogP contribution in [0.3, 0.4) is 0 Å². The van der Waals surface area contributed by atoms with Crippen molar-refractivity contribution in [2.75, 3.05) is 13.1 Å². The van der Waals surface area contributed by atoms with E-state index < -0.39 is 0 Å². The van der Waals surface area contributed by atoms with Gasteiger partial charge in [0, 0.05) is 18.5 Å². The molecule has 0 aliphatic carbocycles. The summed E-state index contributed by atoms with van der Waals surface area (Å²) < 4.78 is 0. The van der Waals surface area contributed by atoms with Gasteiger partial charge in [-0.25, -0.2) is 0 Å². The summed E-state index contributed by atoms with van der Waals surface area (Å²) >= 11 is 0. The maximum Gasteiger partial charge on any atom is 0.220 e. The van der Waals surface area contributed by atoms with Crippen LogP contribution in [-0.4, -0.2) is 35.0 Å². The van der Waals surface area contributed by atoms with Gasteiger partial charge >= 0.3 is 0 Å². The van der Waals surface area contributed by atoms with E-state index in [0.29, 0.717) is 0 Å². The van der Waals surface area contributed by atoms with E-state index in [-0.39, 0.29) is 17.0 Å². The molecule has 1 spiro atoms. The number of nitrogens with zero attached hydrogens (tertiary/aromatic N) is 1. The van der Waals surface area contributed by atoms with Crippen LogP contribution in [0.1, 0.15) is 46.5 Å². The van der Waals surface area contributed by atoms with Gasteiger partial charge in [-0.05, 0) is 46.6 Å². The van der Waals surface area contributed by atoms with E-state index in [4.69, 9.17) is 0 Å². The highest BCUT2D eigenvalue weighted by molar-refractivity contribution is 5.79. The van der Waals surface area contributed by atoms with E-state index >= 15 is 0 Å². The van der Waals surface area contributed by atoms with Crippen molar-refractivity contribution in [2.45, 2.75) is 57.5 Å². The van der Waals surface area contributed by atoms with E-state index in [1.165, 1.54) is 13.0 Å². The maximum absolute atomic E-state index is 11.3. The summed E-state index contributed by atoms with van der Waals surface area (Å²) in [6.07, 6.45) is 4.11. The summed E-state index contributed by atoms with van der Waals surface area (Å²) in [6.45, 7) is 8.96. The number of likely N-dealkylation sites (tertiary alicyclic amines) is 1. The fourth-order valence-electron chi connectivity index (χ4n) is 2.78. The van der Waals surface area contributed by atoms with Crippen molar-refractivity contribution < 1.29 is 4.79 Å². The predicted octanol–water partition coefficient (Wildman–Crippen LogP) is 1.53. The number of rotatable bonds is 0. The van der Waals surface area contributed by atoms with Gasteiger partial charge in [0.25, 0.3) is 0 Å². The first-order valence-electron chi connectivity index (χ1n) is 5.97. The molecule has 1 amide bonds. The lowest BCUT2D eigenvalue weighted by Gasteiger charge is -2.46. The topological polar surface area (TPSA) is 32.3 Å². The first-order valence-corrected chi connectivity index (χ1v) is 5.97. The Balaban J connectivity index is 2.07. The molecule has 0 saturated carbocycles. The normalized spacial score (nSPS) is 33.4. The summed E-state index contributed by atoms with van der Waals surface area (Å²) in [5.41, 5.74) is 0.323. The van der Waals surface area contributed by atoms with E-state index in [1.54, 1.807) is 0 Å². The highest BCUT2D eigenvalue weighted by atomic mass is 16.2. The van der Waals surface area contributed by atoms with Crippen LogP contribution in [0.15, 0.2) is 0 Å². The van der Waals surface area contributed by atoms with Gasteiger partial charge in [-0.2, -0.15) is 0 Å². The summed E-state index contributed by atoms with van der Waals surface area (Å²) in [6, 6.07) is 0. The Bertz CT molecular complexity index is 269. The minimum absolute atomic E-state index is 0.0998. The van der Waals surface area contributed by atoms with Gasteiger partial charge in [0.2, 0.25) is 5.91 Å². The molecule has 2 aliphatic rings. The third-order valence-electron chi connectivity index (χ3n) is 3.76. The monoisotopic (exact) mass is 210 g/mol. The number of carbonyl (C=O) groups excluding carboxylic acids is 1. The van der Waals surface area contributed by atoms with Crippen LogP contribution in [0.2, 0.25) is 0 Å². The lowest BCUT2D eigenvalue weighted by molar-refractivity contribution is -0.120. The average Bonchev–Trinajstić information content (AvgIpc) is 2.46. The van der Waals surface area contributed by atoms with Crippen molar-refractivity contribution in [1.82, 2.24) is 10.2 Å². The molecule has 3 heteroatoms. The second-order valence-electron chi connectivity index (χ2n) is 6.02. The SMILES string of the molecule is CC(C)(C)N1CCC[C@@]2(CCC(=O)N2)C1. The van der Waals surface area contributed by atoms with Crippen molar-refractivity contribution in [2.24, 2.45) is 0 Å². The Morgan fingerprint density at radius 2 is 2.07 bits per heavy atom. The third kappa shape index (κ3) is 2.17. The lowest BCUT2D eigenvalue weighted by atomic mass is 9.85. The fourth-order valence-corrected chi connectivity index (χ4v) is 2.78. The molecule has 1 atom stereocenters. The number of piperidine rings is 1. The van der Waals surface area contributed by atoms with Crippen LogP contribution >= 0.6 is 0 Å². The molecule has 2 saturated heterocycles. The molecule has 0 aromatic heterocycles. The van der Waals surface area contributed by atoms with E-state index in [1.807, 2.05) is 0 Å². The molecule has 2 aliphatic heterocycles. The Morgan fingerprint density at radius 3 is 2.60 bits per heavy atom. The van der Waals surface area contributed by atoms with Crippen LogP contribution in [-0.2, 0) is 4.79 Å². The smallest absolute Gasteiger partial charge is 0.220 e. The molecule has 0 bridgehead atoms. The molecule has 0 unspecified atom stereocenters. The number of carbonyl (C=O) groups is 1. The Morgan fingerprint density at radius 1 is 1.33 bits per heavy atom. The second kappa shape index (κ2) is 3.48. The van der Waals surface area contributed by atoms with E-state index in [9.17, 15) is 4.79 Å². The highest BCUT2D eigenvalue weighted by Gasteiger charge is 2.42. The van der Waals surface area contributed by atoms with Gasteiger partial charge < -0.3 is 5.32 Å². The Labute approximate surface area is 92.2 Å². The van der Waals surface area contributed by atoms with Gasteiger partial charge in [0.15, 0.2) is 0 Å². The quantitative estimate of drug-likeness (QED) is 0.657. The zero-order valence-electron chi connectivity index (χ0n) is 10.1. The first-order chi connectivity index (χ1) is 6.91. The molecule has 3 nitrogen and oxygen atoms in total. The molecule has 2 fully saturated rings. The predicted molar refractivity (Wildman–Crippen MR) is 60.7 cm³/mol. The molecule has 0 radical (unpaired) electrons. The largest absolute Gasteiger partial charge is 0.349 e. The molecular formula is C12H22N2O. The van der Waals surface area contributed by atoms with Crippen molar-refractivity contribution in [1.29, 1.82) is 0 Å². The van der Waals surface area contributed by atoms with Gasteiger partial charge in [-0.3, -0.25) is 9.69 Å². The number of nitrogens with one attached hydrogen (secondary N) is 1. The van der Waals surface area contributed by atoms with Crippen molar-refractivity contribution >= 4 is 5.91 Å². The molecule has 86 valence electrons. The zero-order valence-corrected chi connectivity index (χ0v) is 10.1. The van der Waals surface area contributed by atoms with Crippen LogP contribution in [0, 0.1) is 0 Å². The highest BCUT2D eigenvalue weighted by Crippen LogP contribution is 2.32. The maximum atomic E-state index is 11.3. The van der Waals surface area contributed by atoms with Gasteiger partial charge in [0.1, 0.15) is 0 Å². The minimum Gasteiger partial charge on any atom is -0.349 e. The van der Waals surface area contributed by atoms with E-state index in [2.05, 4.69) is 31.0 Å².